The van der Waals surface area contributed by atoms with E-state index >= 15 is 9.59 Å². The quantitative estimate of drug-likeness (QED) is 0.0609. The van der Waals surface area contributed by atoms with Crippen molar-refractivity contribution in [2.75, 3.05) is 22.9 Å². The summed E-state index contributed by atoms with van der Waals surface area (Å²) >= 11 is 0. The predicted molar refractivity (Wildman–Crippen MR) is 348 cm³/mol. The number of rotatable bonds is 9. The van der Waals surface area contributed by atoms with Crippen LogP contribution in [0.5, 0.6) is 46.0 Å². The molecule has 0 fully saturated rings. The molecule has 16 aromatic rings. The number of imidazole rings is 1. The van der Waals surface area contributed by atoms with E-state index in [1.165, 1.54) is 0 Å². The van der Waals surface area contributed by atoms with Crippen LogP contribution >= 0.6 is 0 Å². The molecule has 8 N–H and O–H groups in total. The number of nitrogens with zero attached hydrogens (tertiary/aromatic N) is 3. The molecule has 16 rings (SSSR count). The SMILES string of the molecule is C=c1c2cc(Oc3ccc(N)cc3)c3c4c(Oc5ccc(N)cc5)cc5c6c(cc(Oc7ccc(N)cc7)c(c7c(Oc8ccc(N)cc8)cc(c(=O)n1-c1cc8ccccc8cc1C)c2c73)c46)c(=O)n1c2cc3ccccc3cc2nc51.CC. The van der Waals surface area contributed by atoms with E-state index in [0.717, 1.165) is 27.1 Å². The molecule has 0 atom stereocenters. The highest BCUT2D eigenvalue weighted by atomic mass is 16.5. The van der Waals surface area contributed by atoms with Gasteiger partial charge in [-0.2, -0.15) is 0 Å². The average molecular weight is 1110 g/mol. The number of aryl methyl sites for hydroxylation is 1. The van der Waals surface area contributed by atoms with Gasteiger partial charge >= 0.3 is 0 Å². The maximum absolute atomic E-state index is 16.1. The summed E-state index contributed by atoms with van der Waals surface area (Å²) < 4.78 is 32.2. The number of aromatic nitrogens is 3. The Hall–Kier alpha value is -11.6. The Morgan fingerprint density at radius 3 is 1.21 bits per heavy atom. The van der Waals surface area contributed by atoms with Gasteiger partial charge in [-0.05, 0) is 180 Å². The van der Waals surface area contributed by atoms with Crippen molar-refractivity contribution < 1.29 is 18.9 Å². The zero-order valence-corrected chi connectivity index (χ0v) is 46.3. The maximum Gasteiger partial charge on any atom is 0.264 e. The fourth-order valence-corrected chi connectivity index (χ4v) is 12.4. The molecule has 13 aromatic carbocycles. The summed E-state index contributed by atoms with van der Waals surface area (Å²) in [4.78, 5) is 37.3. The highest BCUT2D eigenvalue weighted by molar-refractivity contribution is 6.44. The van der Waals surface area contributed by atoms with E-state index in [0.29, 0.717) is 161 Å². The van der Waals surface area contributed by atoms with Gasteiger partial charge in [0, 0.05) is 76.6 Å². The van der Waals surface area contributed by atoms with Gasteiger partial charge in [0.2, 0.25) is 0 Å². The second-order valence-electron chi connectivity index (χ2n) is 21.2. The van der Waals surface area contributed by atoms with Crippen LogP contribution in [0.15, 0.2) is 204 Å². The second kappa shape index (κ2) is 19.0. The zero-order valence-electron chi connectivity index (χ0n) is 46.3. The lowest BCUT2D eigenvalue weighted by Crippen LogP contribution is -2.32. The fourth-order valence-electron chi connectivity index (χ4n) is 12.4. The van der Waals surface area contributed by atoms with E-state index in [-0.39, 0.29) is 11.1 Å². The molecule has 0 aliphatic carbocycles. The molecule has 0 saturated heterocycles. The first-order valence-electron chi connectivity index (χ1n) is 27.9. The number of anilines is 4. The van der Waals surface area contributed by atoms with E-state index in [2.05, 4.69) is 12.1 Å². The van der Waals surface area contributed by atoms with Gasteiger partial charge in [-0.25, -0.2) is 4.98 Å². The second-order valence-corrected chi connectivity index (χ2v) is 21.2. The minimum Gasteiger partial charge on any atom is -0.457 e. The molecule has 0 radical (unpaired) electrons. The minimum absolute atomic E-state index is 0.292. The summed E-state index contributed by atoms with van der Waals surface area (Å²) in [7, 11) is 0. The standard InChI is InChI=1S/C70H45N7O6.C2H6/c1-35-27-37-7-3-5-9-39(37)29-54(35)76-36(2)49-31-56(80-45-19-11-41(71)12-20-45)62-63-57(81-46-21-13-42(72)14-22-46)32-50-61-52(70(79)77-55-30-40-10-6-4-8-38(40)28-53(55)75-68(50)77)34-59(83-48-25-17-44(74)18-26-48)65(67(61)63)64-58(82-47-23-15-43(73)16-24-47)33-51(69(76)78)60(49)66(62)64;1-2/h3-34H,2,71-74H2,1H3;1-2H3. The first kappa shape index (κ1) is 50.4. The van der Waals surface area contributed by atoms with E-state index in [1.807, 2.05) is 93.6 Å². The van der Waals surface area contributed by atoms with Crippen molar-refractivity contribution >= 4 is 132 Å². The van der Waals surface area contributed by atoms with Crippen LogP contribution in [-0.2, 0) is 0 Å². The Bertz CT molecular complexity index is 5480. The van der Waals surface area contributed by atoms with Gasteiger partial charge < -0.3 is 41.9 Å². The number of benzene rings is 13. The van der Waals surface area contributed by atoms with Crippen molar-refractivity contribution in [1.82, 2.24) is 14.0 Å². The molecular formula is C72H51N7O6. The molecule has 0 aliphatic rings. The molecule has 0 amide bonds. The van der Waals surface area contributed by atoms with Crippen LogP contribution in [-0.4, -0.2) is 14.0 Å². The van der Waals surface area contributed by atoms with Gasteiger partial charge in [-0.1, -0.05) is 69.0 Å². The molecule has 85 heavy (non-hydrogen) atoms. The Labute approximate surface area is 483 Å². The van der Waals surface area contributed by atoms with Crippen molar-refractivity contribution in [1.29, 1.82) is 0 Å². The summed E-state index contributed by atoms with van der Waals surface area (Å²) in [5, 5.41) is 10.7. The van der Waals surface area contributed by atoms with Gasteiger partial charge in [-0.15, -0.1) is 0 Å². The molecule has 0 aliphatic heterocycles. The number of hydrogen-bond acceptors (Lipinski definition) is 11. The van der Waals surface area contributed by atoms with Crippen LogP contribution in [0.1, 0.15) is 19.4 Å². The lowest BCUT2D eigenvalue weighted by atomic mass is 9.84. The molecule has 0 bridgehead atoms. The van der Waals surface area contributed by atoms with Crippen LogP contribution < -0.4 is 58.3 Å². The molecule has 410 valence electrons. The summed E-state index contributed by atoms with van der Waals surface area (Å²) in [5.41, 5.74) is 29.9. The van der Waals surface area contributed by atoms with Gasteiger partial charge in [0.1, 0.15) is 51.6 Å². The number of pyridine rings is 2. The molecule has 0 spiro atoms. The molecule has 13 heteroatoms. The number of hydrogen-bond donors (Lipinski definition) is 4. The van der Waals surface area contributed by atoms with Gasteiger partial charge in [0.15, 0.2) is 0 Å². The van der Waals surface area contributed by atoms with Crippen LogP contribution in [0.2, 0.25) is 0 Å². The highest BCUT2D eigenvalue weighted by Crippen LogP contribution is 2.57. The van der Waals surface area contributed by atoms with Gasteiger partial charge in [-0.3, -0.25) is 18.6 Å². The third-order valence-corrected chi connectivity index (χ3v) is 16.1. The van der Waals surface area contributed by atoms with Crippen LogP contribution in [0, 0.1) is 6.92 Å². The van der Waals surface area contributed by atoms with Crippen molar-refractivity contribution in [3.05, 3.63) is 226 Å². The van der Waals surface area contributed by atoms with Crippen molar-refractivity contribution in [3.63, 3.8) is 0 Å². The summed E-state index contributed by atoms with van der Waals surface area (Å²) in [6.45, 7) is 10.7. The van der Waals surface area contributed by atoms with Crippen molar-refractivity contribution in [2.24, 2.45) is 0 Å². The number of fused-ring (bicyclic) bond motifs is 8. The molecular weight excluding hydrogens is 1060 g/mol. The van der Waals surface area contributed by atoms with Crippen LogP contribution in [0.3, 0.4) is 0 Å². The minimum atomic E-state index is -0.336. The predicted octanol–water partition coefficient (Wildman–Crippen LogP) is 16.1. The molecule has 13 nitrogen and oxygen atoms in total. The normalized spacial score (nSPS) is 11.8. The number of nitrogens with two attached hydrogens (primary N) is 4. The fraction of sp³-hybridized carbons (Fsp3) is 0.0417. The Morgan fingerprint density at radius 2 is 0.765 bits per heavy atom. The molecule has 0 saturated carbocycles. The zero-order chi connectivity index (χ0) is 58.1. The third-order valence-electron chi connectivity index (χ3n) is 16.1. The molecule has 0 unspecified atom stereocenters. The van der Waals surface area contributed by atoms with Crippen LogP contribution in [0.4, 0.5) is 22.7 Å². The van der Waals surface area contributed by atoms with Gasteiger partial charge in [0.05, 0.1) is 32.8 Å². The van der Waals surface area contributed by atoms with Crippen LogP contribution in [0.25, 0.3) is 115 Å². The largest absolute Gasteiger partial charge is 0.457 e. The van der Waals surface area contributed by atoms with Crippen molar-refractivity contribution in [2.45, 2.75) is 20.8 Å². The maximum atomic E-state index is 16.1. The Kier molecular flexibility index (Phi) is 11.3. The first-order chi connectivity index (χ1) is 41.4. The van der Waals surface area contributed by atoms with E-state index in [1.54, 1.807) is 118 Å². The average Bonchev–Trinajstić information content (AvgIpc) is 1.32. The summed E-state index contributed by atoms with van der Waals surface area (Å²) in [5.74, 6) is 3.14. The smallest absolute Gasteiger partial charge is 0.264 e. The first-order valence-corrected chi connectivity index (χ1v) is 27.9. The van der Waals surface area contributed by atoms with E-state index in [4.69, 9.17) is 53.4 Å². The summed E-state index contributed by atoms with van der Waals surface area (Å²) in [6, 6.07) is 60.1. The Morgan fingerprint density at radius 1 is 0.400 bits per heavy atom. The Balaban J connectivity index is 0.00000303. The lowest BCUT2D eigenvalue weighted by molar-refractivity contribution is 0.483. The monoisotopic (exact) mass is 1110 g/mol. The van der Waals surface area contributed by atoms with E-state index < -0.39 is 0 Å². The molecule has 3 heterocycles. The van der Waals surface area contributed by atoms with Gasteiger partial charge in [0.25, 0.3) is 11.1 Å². The topological polar surface area (TPSA) is 197 Å². The highest BCUT2D eigenvalue weighted by Gasteiger charge is 2.32. The number of ether oxygens (including phenoxy) is 4. The molecule has 3 aromatic heterocycles. The van der Waals surface area contributed by atoms with Crippen molar-refractivity contribution in [3.8, 4) is 51.7 Å². The van der Waals surface area contributed by atoms with E-state index in [9.17, 15) is 0 Å². The third kappa shape index (κ3) is 7.81. The lowest BCUT2D eigenvalue weighted by Gasteiger charge is -2.26. The summed E-state index contributed by atoms with van der Waals surface area (Å²) in [6.07, 6.45) is 0. The number of nitrogen functional groups attached to an aromatic ring is 4.